The molecule has 0 unspecified atom stereocenters. The van der Waals surface area contributed by atoms with Crippen LogP contribution in [0.25, 0.3) is 0 Å². The first kappa shape index (κ1) is 19.9. The van der Waals surface area contributed by atoms with Crippen LogP contribution in [-0.4, -0.2) is 35.2 Å². The van der Waals surface area contributed by atoms with Crippen LogP contribution in [-0.2, 0) is 0 Å². The zero-order valence-corrected chi connectivity index (χ0v) is 12.9. The largest absolute Gasteiger partial charge is 0.502 e. The molecule has 2 aromatic carbocycles. The van der Waals surface area contributed by atoms with Crippen LogP contribution >= 0.6 is 0 Å². The number of nitro groups is 3. The van der Waals surface area contributed by atoms with Gasteiger partial charge in [0.25, 0.3) is 0 Å². The molecule has 0 fully saturated rings. The molecular weight excluding hydrogens is 358 g/mol. The average Bonchev–Trinajstić information content (AvgIpc) is 2.52. The highest BCUT2D eigenvalue weighted by Gasteiger charge is 2.27. The maximum atomic E-state index is 10.4. The van der Waals surface area contributed by atoms with E-state index in [2.05, 4.69) is 0 Å². The lowest BCUT2D eigenvalue weighted by atomic mass is 10.1. The lowest BCUT2D eigenvalue weighted by molar-refractivity contribution is -0.395. The molecule has 0 amide bonds. The molecule has 0 aliphatic carbocycles. The summed E-state index contributed by atoms with van der Waals surface area (Å²) >= 11 is 0. The van der Waals surface area contributed by atoms with Gasteiger partial charge in [-0.1, -0.05) is 6.07 Å². The van der Waals surface area contributed by atoms with E-state index < -0.39 is 54.8 Å². The number of hydrogen-bond acceptors (Lipinski definition) is 10. The number of hydrogen-bond donors (Lipinski definition) is 4. The number of rotatable bonds is 3. The Morgan fingerprint density at radius 1 is 0.769 bits per heavy atom. The van der Waals surface area contributed by atoms with Gasteiger partial charge in [0.05, 0.1) is 14.8 Å². The van der Waals surface area contributed by atoms with Crippen LogP contribution < -0.4 is 0 Å². The van der Waals surface area contributed by atoms with Gasteiger partial charge in [0.1, 0.15) is 6.07 Å². The molecular formula is C13H11N3O10. The van der Waals surface area contributed by atoms with Gasteiger partial charge in [-0.3, -0.25) is 30.3 Å². The lowest BCUT2D eigenvalue weighted by Gasteiger charge is -2.03. The van der Waals surface area contributed by atoms with Gasteiger partial charge in [0.2, 0.25) is 11.5 Å². The quantitative estimate of drug-likeness (QED) is 0.457. The Labute approximate surface area is 143 Å². The van der Waals surface area contributed by atoms with Gasteiger partial charge in [-0.25, -0.2) is 0 Å². The average molecular weight is 369 g/mol. The normalized spacial score (nSPS) is 9.73. The van der Waals surface area contributed by atoms with E-state index in [0.717, 1.165) is 19.1 Å². The van der Waals surface area contributed by atoms with Crippen LogP contribution in [0.1, 0.15) is 5.56 Å². The molecule has 13 heteroatoms. The Morgan fingerprint density at radius 3 is 1.42 bits per heavy atom. The zero-order chi connectivity index (χ0) is 20.2. The second-order valence-electron chi connectivity index (χ2n) is 4.65. The van der Waals surface area contributed by atoms with Crippen molar-refractivity contribution in [2.75, 3.05) is 0 Å². The molecule has 0 radical (unpaired) electrons. The number of nitrogens with zero attached hydrogens (tertiary/aromatic N) is 3. The van der Waals surface area contributed by atoms with E-state index >= 15 is 0 Å². The fraction of sp³-hybridized carbons (Fsp3) is 0.0769. The third-order valence-corrected chi connectivity index (χ3v) is 3.04. The highest BCUT2D eigenvalue weighted by atomic mass is 16.6. The molecule has 138 valence electrons. The molecule has 0 saturated carbocycles. The molecule has 26 heavy (non-hydrogen) atoms. The van der Waals surface area contributed by atoms with E-state index in [9.17, 15) is 40.6 Å². The number of phenolic OH excluding ortho intramolecular Hbond substituents is 4. The first-order valence-electron chi connectivity index (χ1n) is 6.48. The molecule has 0 aliphatic rings. The molecule has 0 spiro atoms. The molecule has 0 heterocycles. The zero-order valence-electron chi connectivity index (χ0n) is 12.9. The Bertz CT molecular complexity index is 838. The SMILES string of the molecule is Cc1c(O)c([N+](=O)[O-])cc([N+](=O)[O-])c1O.O=[N+]([O-])c1c(O)cccc1O. The van der Waals surface area contributed by atoms with Gasteiger partial charge in [0, 0.05) is 5.56 Å². The summed E-state index contributed by atoms with van der Waals surface area (Å²) in [6.45, 7) is 1.14. The van der Waals surface area contributed by atoms with Crippen LogP contribution in [0.3, 0.4) is 0 Å². The fourth-order valence-electron chi connectivity index (χ4n) is 1.75. The smallest absolute Gasteiger partial charge is 0.351 e. The van der Waals surface area contributed by atoms with Gasteiger partial charge in [-0.05, 0) is 19.1 Å². The van der Waals surface area contributed by atoms with E-state index in [1.807, 2.05) is 0 Å². The standard InChI is InChI=1S/C7H6N2O6.C6H5NO4/c1-3-6(10)4(8(12)13)2-5(7(3)11)9(14)15;8-4-2-1-3-5(9)6(4)7(10)11/h2,10-11H,1H3;1-3,8-9H. The highest BCUT2D eigenvalue weighted by molar-refractivity contribution is 5.65. The van der Waals surface area contributed by atoms with Crippen molar-refractivity contribution in [3.05, 3.63) is 60.2 Å². The molecule has 13 nitrogen and oxygen atoms in total. The molecule has 2 aromatic rings. The third-order valence-electron chi connectivity index (χ3n) is 3.04. The van der Waals surface area contributed by atoms with Crippen molar-refractivity contribution in [2.24, 2.45) is 0 Å². The van der Waals surface area contributed by atoms with Crippen molar-refractivity contribution in [2.45, 2.75) is 6.92 Å². The molecule has 4 N–H and O–H groups in total. The Balaban J connectivity index is 0.000000273. The van der Waals surface area contributed by atoms with Crippen LogP contribution in [0.15, 0.2) is 24.3 Å². The van der Waals surface area contributed by atoms with Gasteiger partial charge in [0.15, 0.2) is 11.5 Å². The number of phenols is 4. The minimum Gasteiger partial charge on any atom is -0.502 e. The fourth-order valence-corrected chi connectivity index (χ4v) is 1.75. The van der Waals surface area contributed by atoms with Crippen molar-refractivity contribution in [3.8, 4) is 23.0 Å². The van der Waals surface area contributed by atoms with E-state index in [4.69, 9.17) is 10.2 Å². The molecule has 0 saturated heterocycles. The van der Waals surface area contributed by atoms with Crippen LogP contribution in [0.4, 0.5) is 17.1 Å². The minimum absolute atomic E-state index is 0.295. The number of nitro benzene ring substituents is 3. The molecule has 0 aliphatic heterocycles. The maximum absolute atomic E-state index is 10.4. The van der Waals surface area contributed by atoms with Gasteiger partial charge < -0.3 is 20.4 Å². The van der Waals surface area contributed by atoms with E-state index in [1.165, 1.54) is 6.07 Å². The molecule has 0 bridgehead atoms. The van der Waals surface area contributed by atoms with Crippen molar-refractivity contribution in [3.63, 3.8) is 0 Å². The van der Waals surface area contributed by atoms with Crippen molar-refractivity contribution < 1.29 is 35.2 Å². The Morgan fingerprint density at radius 2 is 1.15 bits per heavy atom. The summed E-state index contributed by atoms with van der Waals surface area (Å²) in [5.74, 6) is -2.61. The minimum atomic E-state index is -0.964. The van der Waals surface area contributed by atoms with E-state index in [1.54, 1.807) is 0 Å². The maximum Gasteiger partial charge on any atom is 0.351 e. The number of para-hydroxylation sites is 1. The number of aromatic hydroxyl groups is 4. The molecule has 0 atom stereocenters. The predicted molar refractivity (Wildman–Crippen MR) is 84.2 cm³/mol. The van der Waals surface area contributed by atoms with Gasteiger partial charge >= 0.3 is 17.1 Å². The first-order chi connectivity index (χ1) is 12.0. The first-order valence-corrected chi connectivity index (χ1v) is 6.48. The van der Waals surface area contributed by atoms with Crippen molar-refractivity contribution >= 4 is 17.1 Å². The summed E-state index contributed by atoms with van der Waals surface area (Å²) in [6, 6.07) is 4.10. The third kappa shape index (κ3) is 4.02. The van der Waals surface area contributed by atoms with Crippen LogP contribution in [0.2, 0.25) is 0 Å². The van der Waals surface area contributed by atoms with Crippen molar-refractivity contribution in [1.82, 2.24) is 0 Å². The molecule has 0 aromatic heterocycles. The summed E-state index contributed by atoms with van der Waals surface area (Å²) in [5, 5.41) is 67.1. The monoisotopic (exact) mass is 369 g/mol. The summed E-state index contributed by atoms with van der Waals surface area (Å²) in [7, 11) is 0. The van der Waals surface area contributed by atoms with Gasteiger partial charge in [-0.15, -0.1) is 0 Å². The predicted octanol–water partition coefficient (Wildman–Crippen LogP) is 2.23. The van der Waals surface area contributed by atoms with Crippen molar-refractivity contribution in [1.29, 1.82) is 0 Å². The summed E-state index contributed by atoms with van der Waals surface area (Å²) < 4.78 is 0. The van der Waals surface area contributed by atoms with Crippen LogP contribution in [0.5, 0.6) is 23.0 Å². The summed E-state index contributed by atoms with van der Waals surface area (Å²) in [5.41, 5.74) is -2.57. The van der Waals surface area contributed by atoms with E-state index in [-0.39, 0.29) is 5.56 Å². The second kappa shape index (κ2) is 7.61. The second-order valence-corrected chi connectivity index (χ2v) is 4.65. The summed E-state index contributed by atoms with van der Waals surface area (Å²) in [6.07, 6.45) is 0. The number of benzene rings is 2. The van der Waals surface area contributed by atoms with Crippen LogP contribution in [0, 0.1) is 37.3 Å². The summed E-state index contributed by atoms with van der Waals surface area (Å²) in [4.78, 5) is 28.2. The Hall–Kier alpha value is -4.16. The topological polar surface area (TPSA) is 210 Å². The van der Waals surface area contributed by atoms with Gasteiger partial charge in [-0.2, -0.15) is 0 Å². The highest BCUT2D eigenvalue weighted by Crippen LogP contribution is 2.41. The Kier molecular flexibility index (Phi) is 5.82. The lowest BCUT2D eigenvalue weighted by Crippen LogP contribution is -1.95. The molecule has 2 rings (SSSR count). The van der Waals surface area contributed by atoms with E-state index in [0.29, 0.717) is 6.07 Å².